The first-order valence-electron chi connectivity index (χ1n) is 6.75. The summed E-state index contributed by atoms with van der Waals surface area (Å²) in [6.45, 7) is 6.10. The number of aryl methyl sites for hydroxylation is 1. The molecule has 2 heterocycles. The third-order valence-corrected chi connectivity index (χ3v) is 2.88. The molecule has 1 aromatic heterocycles. The fourth-order valence-corrected chi connectivity index (χ4v) is 1.91. The van der Waals surface area contributed by atoms with Crippen LogP contribution in [0.5, 0.6) is 0 Å². The molecule has 0 saturated carbocycles. The summed E-state index contributed by atoms with van der Waals surface area (Å²) in [6.07, 6.45) is 4.75. The van der Waals surface area contributed by atoms with Crippen molar-refractivity contribution in [2.24, 2.45) is 0 Å². The van der Waals surface area contributed by atoms with Gasteiger partial charge in [-0.25, -0.2) is 4.98 Å². The van der Waals surface area contributed by atoms with E-state index in [0.717, 1.165) is 37.6 Å². The Morgan fingerprint density at radius 1 is 1.39 bits per heavy atom. The maximum atomic E-state index is 5.69. The van der Waals surface area contributed by atoms with E-state index in [0.29, 0.717) is 19.8 Å². The van der Waals surface area contributed by atoms with Gasteiger partial charge in [0, 0.05) is 6.42 Å². The molecule has 0 aliphatic carbocycles. The van der Waals surface area contributed by atoms with E-state index in [1.807, 2.05) is 0 Å². The van der Waals surface area contributed by atoms with Crippen LogP contribution in [0.3, 0.4) is 0 Å². The summed E-state index contributed by atoms with van der Waals surface area (Å²) in [4.78, 5) is 4.28. The molecule has 0 amide bonds. The molecule has 1 unspecified atom stereocenters. The Kier molecular flexibility index (Phi) is 5.64. The third-order valence-electron chi connectivity index (χ3n) is 2.88. The highest BCUT2D eigenvalue weighted by molar-refractivity contribution is 4.99. The van der Waals surface area contributed by atoms with Crippen LogP contribution >= 0.6 is 0 Å². The molecule has 0 bridgehead atoms. The maximum absolute atomic E-state index is 5.69. The normalized spacial score (nSPS) is 20.2. The van der Waals surface area contributed by atoms with Crippen molar-refractivity contribution >= 4 is 0 Å². The molecule has 1 aliphatic rings. The fourth-order valence-electron chi connectivity index (χ4n) is 1.91. The summed E-state index contributed by atoms with van der Waals surface area (Å²) in [6, 6.07) is 0. The van der Waals surface area contributed by atoms with Crippen molar-refractivity contribution < 1.29 is 13.9 Å². The van der Waals surface area contributed by atoms with Crippen LogP contribution in [0.15, 0.2) is 10.6 Å². The van der Waals surface area contributed by atoms with Crippen molar-refractivity contribution in [1.82, 2.24) is 10.3 Å². The van der Waals surface area contributed by atoms with Crippen molar-refractivity contribution in [1.29, 1.82) is 0 Å². The second-order valence-corrected chi connectivity index (χ2v) is 4.44. The first-order valence-corrected chi connectivity index (χ1v) is 6.75. The van der Waals surface area contributed by atoms with Crippen molar-refractivity contribution in [3.05, 3.63) is 17.8 Å². The smallest absolute Gasteiger partial charge is 0.194 e. The lowest BCUT2D eigenvalue weighted by atomic mass is 10.3. The Bertz CT molecular complexity index is 335. The maximum Gasteiger partial charge on any atom is 0.194 e. The van der Waals surface area contributed by atoms with Gasteiger partial charge in [0.05, 0.1) is 26.0 Å². The molecule has 1 aromatic rings. The van der Waals surface area contributed by atoms with Gasteiger partial charge in [-0.3, -0.25) is 0 Å². The minimum absolute atomic E-state index is 0.0850. The largest absolute Gasteiger partial charge is 0.443 e. The fraction of sp³-hybridized carbons (Fsp3) is 0.769. The van der Waals surface area contributed by atoms with Gasteiger partial charge in [-0.15, -0.1) is 0 Å². The van der Waals surface area contributed by atoms with Crippen LogP contribution in [0, 0.1) is 0 Å². The lowest BCUT2D eigenvalue weighted by Crippen LogP contribution is -2.21. The Morgan fingerprint density at radius 2 is 2.33 bits per heavy atom. The van der Waals surface area contributed by atoms with Crippen molar-refractivity contribution in [3.63, 3.8) is 0 Å². The number of aromatic nitrogens is 1. The predicted octanol–water partition coefficient (Wildman–Crippen LogP) is 1.69. The second kappa shape index (κ2) is 7.51. The van der Waals surface area contributed by atoms with E-state index < -0.39 is 0 Å². The van der Waals surface area contributed by atoms with Crippen LogP contribution in [0.2, 0.25) is 0 Å². The van der Waals surface area contributed by atoms with Crippen LogP contribution in [-0.4, -0.2) is 37.9 Å². The Balaban J connectivity index is 1.72. The Hall–Kier alpha value is -0.910. The number of rotatable bonds is 7. The van der Waals surface area contributed by atoms with Crippen LogP contribution in [0.4, 0.5) is 0 Å². The molecule has 1 saturated heterocycles. The molecular formula is C13H22N2O3. The highest BCUT2D eigenvalue weighted by atomic mass is 16.6. The van der Waals surface area contributed by atoms with Crippen molar-refractivity contribution in [3.8, 4) is 0 Å². The quantitative estimate of drug-likeness (QED) is 0.750. The number of hydrogen-bond acceptors (Lipinski definition) is 5. The average Bonchev–Trinajstić information content (AvgIpc) is 2.88. The molecule has 1 atom stereocenters. The number of hydrogen-bond donors (Lipinski definition) is 1. The monoisotopic (exact) mass is 254 g/mol. The molecule has 18 heavy (non-hydrogen) atoms. The van der Waals surface area contributed by atoms with E-state index in [2.05, 4.69) is 17.2 Å². The molecule has 0 spiro atoms. The second-order valence-electron chi connectivity index (χ2n) is 4.44. The van der Waals surface area contributed by atoms with Gasteiger partial charge in [-0.2, -0.15) is 0 Å². The SMILES string of the molecule is CCCNCCCc1ncc(C2COCCO2)o1. The molecule has 5 heteroatoms. The Labute approximate surface area is 108 Å². The van der Waals surface area contributed by atoms with E-state index >= 15 is 0 Å². The highest BCUT2D eigenvalue weighted by Gasteiger charge is 2.20. The van der Waals surface area contributed by atoms with Gasteiger partial charge in [-0.1, -0.05) is 6.92 Å². The third kappa shape index (κ3) is 4.08. The number of ether oxygens (including phenoxy) is 2. The molecule has 1 aliphatic heterocycles. The lowest BCUT2D eigenvalue weighted by Gasteiger charge is -2.20. The zero-order valence-corrected chi connectivity index (χ0v) is 11.0. The van der Waals surface area contributed by atoms with Crippen LogP contribution in [0.1, 0.15) is 37.5 Å². The average molecular weight is 254 g/mol. The molecule has 1 fully saturated rings. The standard InChI is InChI=1S/C13H22N2O3/c1-2-5-14-6-3-4-13-15-9-11(18-13)12-10-16-7-8-17-12/h9,12,14H,2-8,10H2,1H3. The highest BCUT2D eigenvalue weighted by Crippen LogP contribution is 2.21. The van der Waals surface area contributed by atoms with Gasteiger partial charge in [0.25, 0.3) is 0 Å². The molecule has 2 rings (SSSR count). The van der Waals surface area contributed by atoms with Crippen LogP contribution < -0.4 is 5.32 Å². The predicted molar refractivity (Wildman–Crippen MR) is 67.5 cm³/mol. The summed E-state index contributed by atoms with van der Waals surface area (Å²) in [5.74, 6) is 1.57. The minimum atomic E-state index is -0.0850. The molecule has 102 valence electrons. The molecule has 0 radical (unpaired) electrons. The van der Waals surface area contributed by atoms with Gasteiger partial charge < -0.3 is 19.2 Å². The van der Waals surface area contributed by atoms with E-state index in [-0.39, 0.29) is 6.10 Å². The van der Waals surface area contributed by atoms with Crippen LogP contribution in [-0.2, 0) is 15.9 Å². The first kappa shape index (κ1) is 13.5. The van der Waals surface area contributed by atoms with Crippen LogP contribution in [0.25, 0.3) is 0 Å². The summed E-state index contributed by atoms with van der Waals surface area (Å²) >= 11 is 0. The number of nitrogens with one attached hydrogen (secondary N) is 1. The van der Waals surface area contributed by atoms with Gasteiger partial charge in [0.15, 0.2) is 11.7 Å². The van der Waals surface area contributed by atoms with E-state index in [9.17, 15) is 0 Å². The summed E-state index contributed by atoms with van der Waals surface area (Å²) in [7, 11) is 0. The number of nitrogens with zero attached hydrogens (tertiary/aromatic N) is 1. The summed E-state index contributed by atoms with van der Waals surface area (Å²) < 4.78 is 16.6. The van der Waals surface area contributed by atoms with Gasteiger partial charge >= 0.3 is 0 Å². The zero-order chi connectivity index (χ0) is 12.6. The molecular weight excluding hydrogens is 232 g/mol. The van der Waals surface area contributed by atoms with E-state index in [1.165, 1.54) is 6.42 Å². The van der Waals surface area contributed by atoms with Crippen molar-refractivity contribution in [2.75, 3.05) is 32.9 Å². The molecule has 5 nitrogen and oxygen atoms in total. The lowest BCUT2D eigenvalue weighted by molar-refractivity contribution is -0.0978. The molecule has 1 N–H and O–H groups in total. The number of oxazole rings is 1. The summed E-state index contributed by atoms with van der Waals surface area (Å²) in [5, 5.41) is 3.36. The van der Waals surface area contributed by atoms with Gasteiger partial charge in [-0.05, 0) is 25.9 Å². The summed E-state index contributed by atoms with van der Waals surface area (Å²) in [5.41, 5.74) is 0. The molecule has 0 aromatic carbocycles. The topological polar surface area (TPSA) is 56.5 Å². The van der Waals surface area contributed by atoms with Gasteiger partial charge in [0.1, 0.15) is 6.10 Å². The van der Waals surface area contributed by atoms with Crippen molar-refractivity contribution in [2.45, 2.75) is 32.3 Å². The zero-order valence-electron chi connectivity index (χ0n) is 11.0. The first-order chi connectivity index (χ1) is 8.90. The van der Waals surface area contributed by atoms with E-state index in [4.69, 9.17) is 13.9 Å². The van der Waals surface area contributed by atoms with Gasteiger partial charge in [0.2, 0.25) is 0 Å². The minimum Gasteiger partial charge on any atom is -0.443 e. The Morgan fingerprint density at radius 3 is 3.11 bits per heavy atom. The van der Waals surface area contributed by atoms with E-state index in [1.54, 1.807) is 6.20 Å².